The first-order valence-corrected chi connectivity index (χ1v) is 5.67. The van der Waals surface area contributed by atoms with Crippen molar-refractivity contribution in [1.82, 2.24) is 10.6 Å². The fourth-order valence-corrected chi connectivity index (χ4v) is 2.45. The average Bonchev–Trinajstić information content (AvgIpc) is 2.16. The minimum absolute atomic E-state index is 0.207. The molecule has 0 bridgehead atoms. The minimum Gasteiger partial charge on any atom is -0.277 e. The first-order valence-electron chi connectivity index (χ1n) is 5.67. The van der Waals surface area contributed by atoms with Crippen LogP contribution in [0.3, 0.4) is 0 Å². The largest absolute Gasteiger partial charge is 0.328 e. The third kappa shape index (κ3) is 1.97. The first kappa shape index (κ1) is 13.4. The molecule has 0 saturated carbocycles. The summed E-state index contributed by atoms with van der Waals surface area (Å²) < 4.78 is 0. The number of allylic oxidation sites excluding steroid dienone is 2. The molecule has 17 heavy (non-hydrogen) atoms. The fourth-order valence-electron chi connectivity index (χ4n) is 2.45. The Morgan fingerprint density at radius 2 is 1.53 bits per heavy atom. The zero-order chi connectivity index (χ0) is 13.2. The van der Waals surface area contributed by atoms with Gasteiger partial charge < -0.3 is 0 Å². The van der Waals surface area contributed by atoms with E-state index in [0.29, 0.717) is 0 Å². The van der Waals surface area contributed by atoms with Gasteiger partial charge in [0.15, 0.2) is 0 Å². The zero-order valence-corrected chi connectivity index (χ0v) is 10.5. The molecule has 1 rings (SSSR count). The van der Waals surface area contributed by atoms with Crippen molar-refractivity contribution >= 4 is 17.8 Å². The van der Waals surface area contributed by atoms with Gasteiger partial charge in [-0.25, -0.2) is 4.79 Å². The van der Waals surface area contributed by atoms with Crippen LogP contribution in [0.25, 0.3) is 0 Å². The van der Waals surface area contributed by atoms with Crippen molar-refractivity contribution in [2.24, 2.45) is 17.3 Å². The predicted octanol–water partition coefficient (Wildman–Crippen LogP) is 1.21. The third-order valence-electron chi connectivity index (χ3n) is 3.32. The highest BCUT2D eigenvalue weighted by atomic mass is 16.2. The number of hydrogen-bond donors (Lipinski definition) is 2. The van der Waals surface area contributed by atoms with Crippen molar-refractivity contribution in [3.8, 4) is 0 Å². The molecule has 0 aliphatic carbocycles. The van der Waals surface area contributed by atoms with Crippen molar-refractivity contribution in [3.63, 3.8) is 0 Å². The van der Waals surface area contributed by atoms with Crippen molar-refractivity contribution in [1.29, 1.82) is 0 Å². The molecule has 0 unspecified atom stereocenters. The lowest BCUT2D eigenvalue weighted by molar-refractivity contribution is -0.150. The number of urea groups is 1. The molecule has 0 aromatic carbocycles. The van der Waals surface area contributed by atoms with E-state index in [1.807, 2.05) is 6.92 Å². The second-order valence-electron chi connectivity index (χ2n) is 4.58. The van der Waals surface area contributed by atoms with E-state index in [1.54, 1.807) is 32.9 Å². The van der Waals surface area contributed by atoms with Gasteiger partial charge in [-0.3, -0.25) is 20.2 Å². The van der Waals surface area contributed by atoms with Crippen LogP contribution >= 0.6 is 0 Å². The van der Waals surface area contributed by atoms with Gasteiger partial charge in [-0.15, -0.1) is 0 Å². The quantitative estimate of drug-likeness (QED) is 0.573. The summed E-state index contributed by atoms with van der Waals surface area (Å²) >= 11 is 0. The van der Waals surface area contributed by atoms with E-state index in [-0.39, 0.29) is 11.8 Å². The second kappa shape index (κ2) is 4.69. The Bertz CT molecular complexity index is 365. The number of nitrogens with one attached hydrogen (secondary N) is 2. The van der Waals surface area contributed by atoms with Gasteiger partial charge in [0.2, 0.25) is 11.8 Å². The summed E-state index contributed by atoms with van der Waals surface area (Å²) in [7, 11) is 0. The Kier molecular flexibility index (Phi) is 3.70. The summed E-state index contributed by atoms with van der Waals surface area (Å²) in [5, 5.41) is 4.36. The van der Waals surface area contributed by atoms with E-state index in [0.717, 1.165) is 0 Å². The third-order valence-corrected chi connectivity index (χ3v) is 3.32. The second-order valence-corrected chi connectivity index (χ2v) is 4.58. The molecule has 1 aliphatic rings. The van der Waals surface area contributed by atoms with E-state index in [9.17, 15) is 14.4 Å². The lowest BCUT2D eigenvalue weighted by atomic mass is 9.66. The molecular formula is C12H18N2O3. The highest BCUT2D eigenvalue weighted by Crippen LogP contribution is 2.38. The maximum atomic E-state index is 12.1. The summed E-state index contributed by atoms with van der Waals surface area (Å²) in [4.78, 5) is 35.2. The van der Waals surface area contributed by atoms with Crippen LogP contribution in [0.2, 0.25) is 0 Å². The van der Waals surface area contributed by atoms with Gasteiger partial charge in [0.25, 0.3) is 0 Å². The van der Waals surface area contributed by atoms with E-state index in [2.05, 4.69) is 10.6 Å². The molecule has 2 N–H and O–H groups in total. The number of barbiturate groups is 1. The first-order chi connectivity index (χ1) is 7.87. The monoisotopic (exact) mass is 238 g/mol. The molecule has 1 fully saturated rings. The van der Waals surface area contributed by atoms with Gasteiger partial charge in [0, 0.05) is 0 Å². The molecular weight excluding hydrogens is 220 g/mol. The van der Waals surface area contributed by atoms with Crippen LogP contribution in [0, 0.1) is 17.3 Å². The van der Waals surface area contributed by atoms with Crippen molar-refractivity contribution in [2.45, 2.75) is 27.7 Å². The zero-order valence-electron chi connectivity index (χ0n) is 10.5. The highest BCUT2D eigenvalue weighted by Gasteiger charge is 2.55. The molecule has 4 amide bonds. The number of hydrogen-bond acceptors (Lipinski definition) is 3. The molecule has 1 atom stereocenters. The van der Waals surface area contributed by atoms with Gasteiger partial charge in [-0.1, -0.05) is 32.9 Å². The SMILES string of the molecule is C/C=C/[C@@H](C)C1(C(C)C)C(=O)NC(=O)NC1=O. The molecule has 1 aliphatic heterocycles. The average molecular weight is 238 g/mol. The van der Waals surface area contributed by atoms with Gasteiger partial charge in [0.05, 0.1) is 0 Å². The molecule has 94 valence electrons. The number of carbonyl (C=O) groups is 3. The lowest BCUT2D eigenvalue weighted by Crippen LogP contribution is -2.66. The maximum absolute atomic E-state index is 12.1. The van der Waals surface area contributed by atoms with Crippen LogP contribution in [0.15, 0.2) is 12.2 Å². The van der Waals surface area contributed by atoms with Gasteiger partial charge in [0.1, 0.15) is 5.41 Å². The topological polar surface area (TPSA) is 75.3 Å². The van der Waals surface area contributed by atoms with Crippen LogP contribution in [-0.4, -0.2) is 17.8 Å². The standard InChI is InChI=1S/C12H18N2O3/c1-5-6-8(4)12(7(2)3)9(15)13-11(17)14-10(12)16/h5-8H,1-4H3,(H2,13,14,15,16,17)/b6-5+/t8-/m1/s1. The van der Waals surface area contributed by atoms with E-state index >= 15 is 0 Å². The summed E-state index contributed by atoms with van der Waals surface area (Å²) in [5.74, 6) is -1.53. The lowest BCUT2D eigenvalue weighted by Gasteiger charge is -2.40. The molecule has 0 radical (unpaired) electrons. The predicted molar refractivity (Wildman–Crippen MR) is 62.9 cm³/mol. The van der Waals surface area contributed by atoms with Gasteiger partial charge >= 0.3 is 6.03 Å². The van der Waals surface area contributed by atoms with Crippen LogP contribution in [0.5, 0.6) is 0 Å². The Morgan fingerprint density at radius 1 is 1.06 bits per heavy atom. The Morgan fingerprint density at radius 3 is 1.88 bits per heavy atom. The van der Waals surface area contributed by atoms with Crippen molar-refractivity contribution in [3.05, 3.63) is 12.2 Å². The molecule has 0 aromatic rings. The normalized spacial score (nSPS) is 21.6. The van der Waals surface area contributed by atoms with Crippen LogP contribution in [0.1, 0.15) is 27.7 Å². The molecule has 0 spiro atoms. The van der Waals surface area contributed by atoms with Gasteiger partial charge in [-0.2, -0.15) is 0 Å². The summed E-state index contributed by atoms with van der Waals surface area (Å²) in [6.45, 7) is 7.23. The smallest absolute Gasteiger partial charge is 0.277 e. The minimum atomic E-state index is -1.22. The molecule has 1 saturated heterocycles. The number of amides is 4. The van der Waals surface area contributed by atoms with E-state index in [1.165, 1.54) is 0 Å². The number of carbonyl (C=O) groups excluding carboxylic acids is 3. The molecule has 0 aromatic heterocycles. The Hall–Kier alpha value is -1.65. The van der Waals surface area contributed by atoms with Crippen LogP contribution in [0.4, 0.5) is 4.79 Å². The highest BCUT2D eigenvalue weighted by molar-refractivity contribution is 6.19. The van der Waals surface area contributed by atoms with Crippen molar-refractivity contribution < 1.29 is 14.4 Å². The molecule has 5 nitrogen and oxygen atoms in total. The Labute approximate surface area is 101 Å². The maximum Gasteiger partial charge on any atom is 0.328 e. The summed E-state index contributed by atoms with van der Waals surface area (Å²) in [6, 6.07) is -0.746. The van der Waals surface area contributed by atoms with Crippen LogP contribution < -0.4 is 10.6 Å². The summed E-state index contributed by atoms with van der Waals surface area (Å²) in [5.41, 5.74) is -1.22. The van der Waals surface area contributed by atoms with E-state index < -0.39 is 23.3 Å². The van der Waals surface area contributed by atoms with Crippen LogP contribution in [-0.2, 0) is 9.59 Å². The van der Waals surface area contributed by atoms with Gasteiger partial charge in [-0.05, 0) is 18.8 Å². The molecule has 5 heteroatoms. The van der Waals surface area contributed by atoms with E-state index in [4.69, 9.17) is 0 Å². The number of rotatable bonds is 3. The summed E-state index contributed by atoms with van der Waals surface area (Å²) in [6.07, 6.45) is 3.60. The van der Waals surface area contributed by atoms with Crippen molar-refractivity contribution in [2.75, 3.05) is 0 Å². The Balaban J connectivity index is 3.27. The fraction of sp³-hybridized carbons (Fsp3) is 0.583. The number of imide groups is 2. The molecule has 1 heterocycles.